The Morgan fingerprint density at radius 3 is 3.00 bits per heavy atom. The van der Waals surface area contributed by atoms with Gasteiger partial charge in [-0.3, -0.25) is 0 Å². The van der Waals surface area contributed by atoms with Gasteiger partial charge in [0.25, 0.3) is 0 Å². The number of aliphatic hydroxyl groups is 1. The largest absolute Gasteiger partial charge is 0.490 e. The predicted octanol–water partition coefficient (Wildman–Crippen LogP) is 0.131. The highest BCUT2D eigenvalue weighted by atomic mass is 16.5. The first-order valence-corrected chi connectivity index (χ1v) is 7.53. The number of H-pyrrole nitrogens is 1. The normalized spacial score (nSPS) is 18.0. The number of hydrogen-bond acceptors (Lipinski definition) is 3. The van der Waals surface area contributed by atoms with E-state index in [1.54, 1.807) is 0 Å². The van der Waals surface area contributed by atoms with Crippen LogP contribution < -0.4 is 9.64 Å². The Morgan fingerprint density at radius 2 is 2.19 bits per heavy atom. The van der Waals surface area contributed by atoms with E-state index in [4.69, 9.17) is 9.47 Å². The Kier molecular flexibility index (Phi) is 4.43. The van der Waals surface area contributed by atoms with Crippen LogP contribution in [0.15, 0.2) is 24.3 Å². The molecule has 0 bridgehead atoms. The lowest BCUT2D eigenvalue weighted by atomic mass is 10.2. The molecule has 1 aliphatic heterocycles. The molecule has 0 unspecified atom stereocenters. The number of rotatable bonds is 5. The van der Waals surface area contributed by atoms with Crippen LogP contribution in [-0.2, 0) is 4.74 Å². The van der Waals surface area contributed by atoms with E-state index in [0.29, 0.717) is 13.2 Å². The molecule has 1 aromatic carbocycles. The minimum Gasteiger partial charge on any atom is -0.490 e. The number of aromatic amines is 1. The first-order valence-electron chi connectivity index (χ1n) is 7.53. The van der Waals surface area contributed by atoms with Crippen molar-refractivity contribution in [2.75, 3.05) is 39.5 Å². The van der Waals surface area contributed by atoms with Crippen LogP contribution in [0.2, 0.25) is 0 Å². The Balaban J connectivity index is 1.58. The zero-order valence-corrected chi connectivity index (χ0v) is 12.4. The van der Waals surface area contributed by atoms with Gasteiger partial charge < -0.3 is 24.5 Å². The second kappa shape index (κ2) is 6.47. The van der Waals surface area contributed by atoms with Gasteiger partial charge in [-0.2, -0.15) is 0 Å². The van der Waals surface area contributed by atoms with Gasteiger partial charge in [0.05, 0.1) is 13.2 Å². The second-order valence-electron chi connectivity index (χ2n) is 5.70. The van der Waals surface area contributed by atoms with Crippen molar-refractivity contribution in [2.24, 2.45) is 0 Å². The molecule has 0 saturated carbocycles. The van der Waals surface area contributed by atoms with Gasteiger partial charge in [-0.1, -0.05) is 6.07 Å². The summed E-state index contributed by atoms with van der Waals surface area (Å²) < 4.78 is 11.1. The minimum absolute atomic E-state index is 0.327. The molecule has 2 heterocycles. The van der Waals surface area contributed by atoms with Gasteiger partial charge in [0.15, 0.2) is 0 Å². The summed E-state index contributed by atoms with van der Waals surface area (Å²) in [6, 6.07) is 8.02. The highest BCUT2D eigenvalue weighted by molar-refractivity contribution is 5.86. The van der Waals surface area contributed by atoms with Crippen molar-refractivity contribution in [1.82, 2.24) is 4.98 Å². The molecule has 1 saturated heterocycles. The number of ether oxygens (including phenoxy) is 2. The number of fused-ring (bicyclic) bond motifs is 1. The van der Waals surface area contributed by atoms with Crippen molar-refractivity contribution >= 4 is 10.9 Å². The lowest BCUT2D eigenvalue weighted by Gasteiger charge is -2.25. The topological polar surface area (TPSA) is 58.9 Å². The van der Waals surface area contributed by atoms with E-state index in [0.717, 1.165) is 48.6 Å². The van der Waals surface area contributed by atoms with Gasteiger partial charge in [0.1, 0.15) is 38.1 Å². The van der Waals surface area contributed by atoms with Crippen molar-refractivity contribution in [3.8, 4) is 5.75 Å². The van der Waals surface area contributed by atoms with Crippen LogP contribution in [0.1, 0.15) is 5.69 Å². The zero-order valence-electron chi connectivity index (χ0n) is 12.4. The van der Waals surface area contributed by atoms with E-state index in [1.807, 2.05) is 25.1 Å². The summed E-state index contributed by atoms with van der Waals surface area (Å²) in [5.41, 5.74) is 2.18. The lowest BCUT2D eigenvalue weighted by Crippen LogP contribution is -3.15. The van der Waals surface area contributed by atoms with E-state index in [1.165, 1.54) is 4.90 Å². The van der Waals surface area contributed by atoms with Crippen molar-refractivity contribution in [1.29, 1.82) is 0 Å². The number of morpholine rings is 1. The van der Waals surface area contributed by atoms with Gasteiger partial charge >= 0.3 is 0 Å². The molecule has 0 aliphatic carbocycles. The standard InChI is InChI=1S/C16H22N2O3/c1-12-9-14-15(17-12)3-2-4-16(14)21-11-13(19)10-18-5-7-20-8-6-18/h2-4,9,13,17,19H,5-8,10-11H2,1H3/p+1/t13-/m0/s1. The van der Waals surface area contributed by atoms with E-state index in [-0.39, 0.29) is 0 Å². The van der Waals surface area contributed by atoms with Gasteiger partial charge in [0.2, 0.25) is 0 Å². The van der Waals surface area contributed by atoms with Gasteiger partial charge in [-0.15, -0.1) is 0 Å². The minimum atomic E-state index is -0.451. The molecular weight excluding hydrogens is 268 g/mol. The van der Waals surface area contributed by atoms with Gasteiger partial charge in [-0.25, -0.2) is 0 Å². The molecule has 1 aromatic heterocycles. The van der Waals surface area contributed by atoms with Crippen LogP contribution in [0.3, 0.4) is 0 Å². The van der Waals surface area contributed by atoms with Crippen molar-refractivity contribution in [2.45, 2.75) is 13.0 Å². The van der Waals surface area contributed by atoms with Crippen LogP contribution in [0, 0.1) is 6.92 Å². The molecule has 1 aliphatic rings. The van der Waals surface area contributed by atoms with Crippen LogP contribution in [0.4, 0.5) is 0 Å². The smallest absolute Gasteiger partial charge is 0.137 e. The summed E-state index contributed by atoms with van der Waals surface area (Å²) in [4.78, 5) is 4.67. The summed E-state index contributed by atoms with van der Waals surface area (Å²) in [5, 5.41) is 11.2. The maximum atomic E-state index is 10.1. The number of quaternary nitrogens is 1. The highest BCUT2D eigenvalue weighted by Gasteiger charge is 2.19. The van der Waals surface area contributed by atoms with Gasteiger partial charge in [0, 0.05) is 16.6 Å². The number of aromatic nitrogens is 1. The van der Waals surface area contributed by atoms with Crippen LogP contribution in [0.5, 0.6) is 5.75 Å². The maximum Gasteiger partial charge on any atom is 0.137 e. The summed E-state index contributed by atoms with van der Waals surface area (Å²) in [6.07, 6.45) is -0.451. The first kappa shape index (κ1) is 14.4. The molecule has 3 N–H and O–H groups in total. The van der Waals surface area contributed by atoms with E-state index in [9.17, 15) is 5.11 Å². The second-order valence-corrected chi connectivity index (χ2v) is 5.70. The number of aliphatic hydroxyl groups excluding tert-OH is 1. The molecule has 2 aromatic rings. The number of aryl methyl sites for hydroxylation is 1. The monoisotopic (exact) mass is 291 g/mol. The average Bonchev–Trinajstić information content (AvgIpc) is 2.87. The fraction of sp³-hybridized carbons (Fsp3) is 0.500. The molecule has 0 amide bonds. The molecule has 114 valence electrons. The Morgan fingerprint density at radius 1 is 1.38 bits per heavy atom. The molecule has 0 spiro atoms. The fourth-order valence-electron chi connectivity index (χ4n) is 2.84. The fourth-order valence-corrected chi connectivity index (χ4v) is 2.84. The molecule has 5 nitrogen and oxygen atoms in total. The number of hydrogen-bond donors (Lipinski definition) is 3. The molecule has 1 atom stereocenters. The lowest BCUT2D eigenvalue weighted by molar-refractivity contribution is -0.911. The van der Waals surface area contributed by atoms with Gasteiger partial charge in [-0.05, 0) is 25.1 Å². The third-order valence-electron chi connectivity index (χ3n) is 3.91. The Labute approximate surface area is 124 Å². The van der Waals surface area contributed by atoms with Crippen LogP contribution in [0.25, 0.3) is 10.9 Å². The zero-order chi connectivity index (χ0) is 14.7. The quantitative estimate of drug-likeness (QED) is 0.734. The Bertz CT molecular complexity index is 590. The molecule has 21 heavy (non-hydrogen) atoms. The molecule has 1 fully saturated rings. The molecule has 0 radical (unpaired) electrons. The first-order chi connectivity index (χ1) is 10.2. The van der Waals surface area contributed by atoms with Crippen LogP contribution >= 0.6 is 0 Å². The molecule has 3 rings (SSSR count). The number of nitrogens with one attached hydrogen (secondary N) is 2. The summed E-state index contributed by atoms with van der Waals surface area (Å²) in [6.45, 7) is 6.56. The summed E-state index contributed by atoms with van der Waals surface area (Å²) in [5.74, 6) is 0.827. The van der Waals surface area contributed by atoms with Crippen molar-refractivity contribution in [3.05, 3.63) is 30.0 Å². The summed E-state index contributed by atoms with van der Waals surface area (Å²) >= 11 is 0. The van der Waals surface area contributed by atoms with Crippen molar-refractivity contribution < 1.29 is 19.5 Å². The Hall–Kier alpha value is -1.56. The molecule has 5 heteroatoms. The van der Waals surface area contributed by atoms with E-state index >= 15 is 0 Å². The maximum absolute atomic E-state index is 10.1. The summed E-state index contributed by atoms with van der Waals surface area (Å²) in [7, 11) is 0. The average molecular weight is 291 g/mol. The van der Waals surface area contributed by atoms with E-state index < -0.39 is 6.10 Å². The van der Waals surface area contributed by atoms with Crippen molar-refractivity contribution in [3.63, 3.8) is 0 Å². The number of benzene rings is 1. The molecular formula is C16H23N2O3+. The SMILES string of the molecule is Cc1cc2c(OC[C@@H](O)C[NH+]3CCOCC3)cccc2[nH]1. The third-order valence-corrected chi connectivity index (χ3v) is 3.91. The van der Waals surface area contributed by atoms with E-state index in [2.05, 4.69) is 11.1 Å². The predicted molar refractivity (Wildman–Crippen MR) is 80.9 cm³/mol. The van der Waals surface area contributed by atoms with Crippen LogP contribution in [-0.4, -0.2) is 55.6 Å². The third kappa shape index (κ3) is 3.56. The highest BCUT2D eigenvalue weighted by Crippen LogP contribution is 2.26.